The van der Waals surface area contributed by atoms with Crippen LogP contribution >= 0.6 is 0 Å². The Bertz CT molecular complexity index is 695. The van der Waals surface area contributed by atoms with Crippen LogP contribution in [0.3, 0.4) is 0 Å². The molecule has 2 heterocycles. The minimum absolute atomic E-state index is 0.589. The Kier molecular flexibility index (Phi) is 2.04. The van der Waals surface area contributed by atoms with E-state index in [9.17, 15) is 4.79 Å². The zero-order valence-electron chi connectivity index (χ0n) is 9.21. The molecule has 2 aromatic heterocycles. The van der Waals surface area contributed by atoms with Crippen LogP contribution in [-0.2, 0) is 7.05 Å². The highest BCUT2D eigenvalue weighted by Gasteiger charge is 2.10. The Morgan fingerprint density at radius 2 is 2.29 bits per heavy atom. The van der Waals surface area contributed by atoms with Crippen LogP contribution in [0.2, 0.25) is 0 Å². The molecule has 3 rings (SSSR count). The summed E-state index contributed by atoms with van der Waals surface area (Å²) in [4.78, 5) is 18.2. The molecule has 1 N–H and O–H groups in total. The van der Waals surface area contributed by atoms with Gasteiger partial charge in [0.1, 0.15) is 0 Å². The molecule has 1 aromatic carbocycles. The number of hydrogen-bond acceptors (Lipinski definition) is 3. The molecule has 0 saturated carbocycles. The molecule has 5 heteroatoms. The van der Waals surface area contributed by atoms with E-state index < -0.39 is 0 Å². The molecule has 5 nitrogen and oxygen atoms in total. The maximum atomic E-state index is 11.0. The summed E-state index contributed by atoms with van der Waals surface area (Å²) in [6.45, 7) is 0. The van der Waals surface area contributed by atoms with E-state index in [1.807, 2.05) is 25.2 Å². The fourth-order valence-corrected chi connectivity index (χ4v) is 1.98. The summed E-state index contributed by atoms with van der Waals surface area (Å²) in [5, 5.41) is 4.09. The molecular formula is C12H10N4O. The third-order valence-corrected chi connectivity index (χ3v) is 2.79. The predicted octanol–water partition coefficient (Wildman–Crippen LogP) is 1.78. The van der Waals surface area contributed by atoms with Crippen molar-refractivity contribution in [3.63, 3.8) is 0 Å². The van der Waals surface area contributed by atoms with E-state index in [1.54, 1.807) is 17.2 Å². The van der Waals surface area contributed by atoms with Crippen molar-refractivity contribution in [3.8, 4) is 11.3 Å². The van der Waals surface area contributed by atoms with Crippen LogP contribution in [-0.4, -0.2) is 26.0 Å². The second-order valence-corrected chi connectivity index (χ2v) is 3.82. The number of nitrogens with zero attached hydrogens (tertiary/aromatic N) is 3. The van der Waals surface area contributed by atoms with Gasteiger partial charge in [-0.1, -0.05) is 6.07 Å². The first-order valence-corrected chi connectivity index (χ1v) is 5.20. The Hall–Kier alpha value is -2.43. The first kappa shape index (κ1) is 9.77. The third kappa shape index (κ3) is 1.44. The highest BCUT2D eigenvalue weighted by atomic mass is 16.1. The minimum Gasteiger partial charge on any atom is -0.345 e. The van der Waals surface area contributed by atoms with Crippen molar-refractivity contribution >= 4 is 17.3 Å². The smallest absolute Gasteiger partial charge is 0.153 e. The number of aryl methyl sites for hydroxylation is 1. The van der Waals surface area contributed by atoms with Gasteiger partial charge in [-0.2, -0.15) is 5.10 Å². The van der Waals surface area contributed by atoms with E-state index in [0.29, 0.717) is 5.56 Å². The lowest BCUT2D eigenvalue weighted by Crippen LogP contribution is -1.95. The summed E-state index contributed by atoms with van der Waals surface area (Å²) in [7, 11) is 1.82. The first-order chi connectivity index (χ1) is 8.29. The van der Waals surface area contributed by atoms with Crippen molar-refractivity contribution in [2.45, 2.75) is 0 Å². The average Bonchev–Trinajstić information content (AvgIpc) is 2.93. The van der Waals surface area contributed by atoms with Gasteiger partial charge in [0, 0.05) is 12.6 Å². The highest BCUT2D eigenvalue weighted by Crippen LogP contribution is 2.24. The van der Waals surface area contributed by atoms with Crippen molar-refractivity contribution in [3.05, 3.63) is 36.3 Å². The predicted molar refractivity (Wildman–Crippen MR) is 63.7 cm³/mol. The van der Waals surface area contributed by atoms with Crippen molar-refractivity contribution in [1.82, 2.24) is 19.7 Å². The normalized spacial score (nSPS) is 10.9. The number of fused-ring (bicyclic) bond motifs is 1. The first-order valence-electron chi connectivity index (χ1n) is 5.20. The fraction of sp³-hybridized carbons (Fsp3) is 0.0833. The Labute approximate surface area is 97.1 Å². The van der Waals surface area contributed by atoms with E-state index >= 15 is 0 Å². The zero-order valence-corrected chi connectivity index (χ0v) is 9.21. The molecule has 0 aliphatic heterocycles. The molecule has 0 fully saturated rings. The third-order valence-electron chi connectivity index (χ3n) is 2.79. The highest BCUT2D eigenvalue weighted by molar-refractivity contribution is 5.88. The number of aromatic nitrogens is 4. The molecule has 0 aliphatic carbocycles. The molecular weight excluding hydrogens is 216 g/mol. The topological polar surface area (TPSA) is 63.6 Å². The summed E-state index contributed by atoms with van der Waals surface area (Å²) in [5.41, 5.74) is 4.20. The van der Waals surface area contributed by atoms with Crippen LogP contribution in [0.1, 0.15) is 10.4 Å². The van der Waals surface area contributed by atoms with Crippen molar-refractivity contribution < 1.29 is 4.79 Å². The van der Waals surface area contributed by atoms with Gasteiger partial charge >= 0.3 is 0 Å². The van der Waals surface area contributed by atoms with E-state index in [2.05, 4.69) is 15.1 Å². The van der Waals surface area contributed by atoms with E-state index in [4.69, 9.17) is 0 Å². The number of carbonyl (C=O) groups excluding carboxylic acids is 1. The lowest BCUT2D eigenvalue weighted by Gasteiger charge is -2.03. The lowest BCUT2D eigenvalue weighted by molar-refractivity contribution is 0.112. The largest absolute Gasteiger partial charge is 0.345 e. The summed E-state index contributed by atoms with van der Waals surface area (Å²) in [5.74, 6) is 0. The summed E-state index contributed by atoms with van der Waals surface area (Å²) < 4.78 is 1.70. The lowest BCUT2D eigenvalue weighted by atomic mass is 10.1. The second kappa shape index (κ2) is 3.55. The molecule has 0 spiro atoms. The number of benzene rings is 1. The number of aromatic amines is 1. The number of nitrogens with one attached hydrogen (secondary N) is 1. The Morgan fingerprint density at radius 1 is 1.41 bits per heavy atom. The maximum absolute atomic E-state index is 11.0. The number of rotatable bonds is 2. The quantitative estimate of drug-likeness (QED) is 0.677. The van der Waals surface area contributed by atoms with Gasteiger partial charge in [0.15, 0.2) is 6.29 Å². The van der Waals surface area contributed by atoms with Gasteiger partial charge < -0.3 is 4.98 Å². The van der Waals surface area contributed by atoms with Crippen LogP contribution in [0, 0.1) is 0 Å². The SMILES string of the molecule is Cn1ncc(C=O)c1-c1ccc2nc[nH]c2c1. The van der Waals surface area contributed by atoms with Crippen molar-refractivity contribution in [2.24, 2.45) is 7.05 Å². The van der Waals surface area contributed by atoms with Crippen molar-refractivity contribution in [1.29, 1.82) is 0 Å². The van der Waals surface area contributed by atoms with Crippen molar-refractivity contribution in [2.75, 3.05) is 0 Å². The molecule has 0 amide bonds. The van der Waals surface area contributed by atoms with Gasteiger partial charge in [-0.3, -0.25) is 9.48 Å². The maximum Gasteiger partial charge on any atom is 0.153 e. The van der Waals surface area contributed by atoms with Crippen LogP contribution in [0.4, 0.5) is 0 Å². The van der Waals surface area contributed by atoms with Crippen LogP contribution in [0.25, 0.3) is 22.3 Å². The molecule has 0 radical (unpaired) electrons. The van der Waals surface area contributed by atoms with Gasteiger partial charge in [-0.25, -0.2) is 4.98 Å². The van der Waals surface area contributed by atoms with Crippen LogP contribution in [0.15, 0.2) is 30.7 Å². The zero-order chi connectivity index (χ0) is 11.8. The molecule has 0 saturated heterocycles. The molecule has 3 aromatic rings. The van der Waals surface area contributed by atoms with Crippen LogP contribution < -0.4 is 0 Å². The molecule has 0 atom stereocenters. The number of carbonyl (C=O) groups is 1. The molecule has 84 valence electrons. The molecule has 0 aliphatic rings. The van der Waals surface area contributed by atoms with E-state index in [0.717, 1.165) is 28.6 Å². The number of H-pyrrole nitrogens is 1. The Balaban J connectivity index is 2.25. The van der Waals surface area contributed by atoms with E-state index in [-0.39, 0.29) is 0 Å². The standard InChI is InChI=1S/C12H10N4O/c1-16-12(9(6-17)5-15-16)8-2-3-10-11(4-8)14-7-13-10/h2-7H,1H3,(H,13,14). The fourth-order valence-electron chi connectivity index (χ4n) is 1.98. The monoisotopic (exact) mass is 226 g/mol. The number of hydrogen-bond donors (Lipinski definition) is 1. The average molecular weight is 226 g/mol. The van der Waals surface area contributed by atoms with Gasteiger partial charge in [-0.15, -0.1) is 0 Å². The summed E-state index contributed by atoms with van der Waals surface area (Å²) in [6, 6.07) is 5.82. The number of aldehydes is 1. The molecule has 0 unspecified atom stereocenters. The van der Waals surface area contributed by atoms with E-state index in [1.165, 1.54) is 0 Å². The Morgan fingerprint density at radius 3 is 3.12 bits per heavy atom. The minimum atomic E-state index is 0.589. The second-order valence-electron chi connectivity index (χ2n) is 3.82. The van der Waals surface area contributed by atoms with Gasteiger partial charge in [0.2, 0.25) is 0 Å². The molecule has 0 bridgehead atoms. The van der Waals surface area contributed by atoms with Gasteiger partial charge in [0.05, 0.1) is 34.8 Å². The van der Waals surface area contributed by atoms with Crippen LogP contribution in [0.5, 0.6) is 0 Å². The molecule has 17 heavy (non-hydrogen) atoms. The van der Waals surface area contributed by atoms with Gasteiger partial charge in [0.25, 0.3) is 0 Å². The summed E-state index contributed by atoms with van der Waals surface area (Å²) in [6.07, 6.45) is 4.04. The number of imidazole rings is 1. The van der Waals surface area contributed by atoms with Gasteiger partial charge in [-0.05, 0) is 12.1 Å². The summed E-state index contributed by atoms with van der Waals surface area (Å²) >= 11 is 0.